The van der Waals surface area contributed by atoms with Gasteiger partial charge in [0.15, 0.2) is 5.75 Å². The minimum Gasteiger partial charge on any atom is -0.744 e. The smallest absolute Gasteiger partial charge is 0.744 e. The number of nitrogens with one attached hydrogen (secondary N) is 2. The van der Waals surface area contributed by atoms with Gasteiger partial charge in [-0.2, -0.15) is 9.97 Å². The molecule has 0 amide bonds. The van der Waals surface area contributed by atoms with E-state index in [1.807, 2.05) is 4.98 Å². The fourth-order valence-corrected chi connectivity index (χ4v) is 5.33. The molecule has 0 aliphatic rings. The van der Waals surface area contributed by atoms with Crippen molar-refractivity contribution in [2.75, 3.05) is 5.32 Å². The first-order chi connectivity index (χ1) is 18.4. The molecule has 43 heavy (non-hydrogen) atoms. The van der Waals surface area contributed by atoms with E-state index in [1.54, 1.807) is 0 Å². The number of aromatic nitrogens is 3. The first-order valence-electron chi connectivity index (χ1n) is 10.1. The second kappa shape index (κ2) is 15.0. The van der Waals surface area contributed by atoms with Crippen molar-refractivity contribution in [3.63, 3.8) is 0 Å². The average molecular weight is 699 g/mol. The van der Waals surface area contributed by atoms with E-state index in [-0.39, 0.29) is 88.7 Å². The molecule has 0 spiro atoms. The van der Waals surface area contributed by atoms with Crippen molar-refractivity contribution < 1.29 is 133 Å². The molecule has 0 bridgehead atoms. The van der Waals surface area contributed by atoms with Gasteiger partial charge in [-0.05, 0) is 47.3 Å². The number of hydrogen-bond acceptors (Lipinski definition) is 16. The number of H-pyrrole nitrogens is 1. The summed E-state index contributed by atoms with van der Waals surface area (Å²) in [4.78, 5) is 17.7. The van der Waals surface area contributed by atoms with Gasteiger partial charge in [0, 0.05) is 5.39 Å². The summed E-state index contributed by atoms with van der Waals surface area (Å²) in [5.74, 6) is -1.69. The number of benzene rings is 3. The molecule has 0 atom stereocenters. The average Bonchev–Trinajstić information content (AvgIpc) is 2.80. The van der Waals surface area contributed by atoms with Gasteiger partial charge in [-0.15, -0.1) is 10.2 Å². The largest absolute Gasteiger partial charge is 1.00 e. The van der Waals surface area contributed by atoms with Gasteiger partial charge in [-0.1, -0.05) is 12.1 Å². The van der Waals surface area contributed by atoms with Gasteiger partial charge < -0.3 is 24.1 Å². The number of phenolic OH excluding ortho intramolecular Hbond substituents is 1. The van der Waals surface area contributed by atoms with Crippen LogP contribution in [0, 0.1) is 0 Å². The monoisotopic (exact) mass is 698 g/mol. The molecule has 1 aromatic heterocycles. The van der Waals surface area contributed by atoms with Crippen LogP contribution in [-0.2, 0) is 30.4 Å². The van der Waals surface area contributed by atoms with E-state index >= 15 is 0 Å². The van der Waals surface area contributed by atoms with Gasteiger partial charge in [0.25, 0.3) is 0 Å². The van der Waals surface area contributed by atoms with Gasteiger partial charge >= 0.3 is 94.4 Å². The molecular formula is C19H10ClN6Na3O11S3. The third kappa shape index (κ3) is 9.48. The van der Waals surface area contributed by atoms with Gasteiger partial charge in [-0.3, -0.25) is 4.98 Å². The van der Waals surface area contributed by atoms with Crippen molar-refractivity contribution in [1.29, 1.82) is 0 Å². The molecule has 3 N–H and O–H groups in total. The molecule has 24 heteroatoms. The van der Waals surface area contributed by atoms with Crippen molar-refractivity contribution >= 4 is 75.7 Å². The fraction of sp³-hybridized carbons (Fsp3) is 0. The number of halogens is 1. The van der Waals surface area contributed by atoms with Gasteiger partial charge in [0.05, 0.1) is 20.4 Å². The zero-order chi connectivity index (χ0) is 29.6. The van der Waals surface area contributed by atoms with Crippen molar-refractivity contribution in [3.05, 3.63) is 58.2 Å². The summed E-state index contributed by atoms with van der Waals surface area (Å²) < 4.78 is 106. The maximum atomic E-state index is 12.0. The van der Waals surface area contributed by atoms with Gasteiger partial charge in [0.2, 0.25) is 11.2 Å². The number of phenols is 1. The van der Waals surface area contributed by atoms with Crippen molar-refractivity contribution in [3.8, 4) is 5.75 Å². The number of hydrogen-bond donors (Lipinski definition) is 3. The van der Waals surface area contributed by atoms with Crippen molar-refractivity contribution in [2.45, 2.75) is 14.7 Å². The third-order valence-electron chi connectivity index (χ3n) is 4.94. The molecule has 3 aromatic carbocycles. The Labute approximate surface area is 313 Å². The van der Waals surface area contributed by atoms with E-state index in [4.69, 9.17) is 11.6 Å². The molecule has 0 aliphatic carbocycles. The summed E-state index contributed by atoms with van der Waals surface area (Å²) in [6.45, 7) is 0. The van der Waals surface area contributed by atoms with Crippen LogP contribution in [0.5, 0.6) is 5.75 Å². The molecular weight excluding hydrogens is 689 g/mol. The van der Waals surface area contributed by atoms with Crippen LogP contribution < -0.4 is 99.7 Å². The maximum Gasteiger partial charge on any atom is 1.00 e. The number of fused-ring (bicyclic) bond motifs is 1. The normalized spacial score (nSPS) is 11.8. The Bertz CT molecular complexity index is 2130. The topological polar surface area (TPSA) is 287 Å². The van der Waals surface area contributed by atoms with Crippen LogP contribution in [0.15, 0.2) is 72.2 Å². The van der Waals surface area contributed by atoms with E-state index in [0.29, 0.717) is 18.2 Å². The Morgan fingerprint density at radius 1 is 0.837 bits per heavy atom. The van der Waals surface area contributed by atoms with E-state index in [9.17, 15) is 48.8 Å². The Morgan fingerprint density at radius 2 is 1.44 bits per heavy atom. The van der Waals surface area contributed by atoms with Crippen LogP contribution >= 0.6 is 11.6 Å². The van der Waals surface area contributed by atoms with E-state index < -0.39 is 95.5 Å². The van der Waals surface area contributed by atoms with Crippen LogP contribution in [0.1, 0.15) is 0 Å². The number of azo groups is 1. The Hall–Kier alpha value is -1.05. The summed E-state index contributed by atoms with van der Waals surface area (Å²) in [7, 11) is -15.8. The first-order valence-corrected chi connectivity index (χ1v) is 14.7. The van der Waals surface area contributed by atoms with E-state index in [1.165, 1.54) is 12.1 Å². The van der Waals surface area contributed by atoms with Crippen molar-refractivity contribution in [2.24, 2.45) is 10.2 Å². The fourth-order valence-electron chi connectivity index (χ4n) is 3.38. The standard InChI is InChI=1S/C19H13ClN6O11S3.3Na/c20-17-22-18(24-19(28)23-17)21-11-7-9(38(29,30)31)5-8-6-13(40(35,36)37)15(16(27)14(8)11)26-25-10-3-1-2-4-12(10)39(32,33)34;;;/h1-7,27H,(H,29,30,31)(H,32,33,34)(H,35,36,37)(H2,21,22,23,24,28);;;/q;3*+1/p-3. The van der Waals surface area contributed by atoms with E-state index in [2.05, 4.69) is 25.5 Å². The molecule has 0 unspecified atom stereocenters. The summed E-state index contributed by atoms with van der Waals surface area (Å²) in [6, 6.07) is 6.22. The summed E-state index contributed by atoms with van der Waals surface area (Å²) >= 11 is 5.67. The van der Waals surface area contributed by atoms with Gasteiger partial charge in [-0.25, -0.2) is 30.0 Å². The van der Waals surface area contributed by atoms with Crippen LogP contribution in [-0.4, -0.2) is 59.0 Å². The van der Waals surface area contributed by atoms with Crippen LogP contribution in [0.3, 0.4) is 0 Å². The quantitative estimate of drug-likeness (QED) is 0.0918. The summed E-state index contributed by atoms with van der Waals surface area (Å²) in [5.41, 5.74) is -3.14. The molecule has 210 valence electrons. The Balaban J connectivity index is 0.00000308. The molecule has 1 heterocycles. The molecule has 0 saturated carbocycles. The van der Waals surface area contributed by atoms with Crippen LogP contribution in [0.2, 0.25) is 5.28 Å². The molecule has 4 aromatic rings. The van der Waals surface area contributed by atoms with Gasteiger partial charge in [0.1, 0.15) is 41.7 Å². The number of nitrogens with zero attached hydrogens (tertiary/aromatic N) is 4. The molecule has 17 nitrogen and oxygen atoms in total. The van der Waals surface area contributed by atoms with Crippen LogP contribution in [0.4, 0.5) is 23.0 Å². The number of rotatable bonds is 7. The van der Waals surface area contributed by atoms with E-state index in [0.717, 1.165) is 12.1 Å². The maximum absolute atomic E-state index is 12.0. The molecule has 0 fully saturated rings. The summed E-state index contributed by atoms with van der Waals surface area (Å²) in [6.07, 6.45) is 0. The zero-order valence-corrected chi connectivity index (χ0v) is 31.2. The second-order valence-electron chi connectivity index (χ2n) is 7.56. The molecule has 4 rings (SSSR count). The predicted molar refractivity (Wildman–Crippen MR) is 131 cm³/mol. The SMILES string of the molecule is O=c1nc(Nc2cc(S(=O)(=O)[O-])cc3cc(S(=O)(=O)[O-])c(N=Nc4ccccc4S(=O)(=O)[O-])c(O)c23)nc(Cl)[nH]1.[Na+].[Na+].[Na+]. The van der Waals surface area contributed by atoms with Crippen molar-refractivity contribution in [1.82, 2.24) is 15.0 Å². The number of anilines is 2. The van der Waals surface area contributed by atoms with Crippen LogP contribution in [0.25, 0.3) is 10.8 Å². The zero-order valence-electron chi connectivity index (χ0n) is 22.0. The Morgan fingerprint density at radius 3 is 2.00 bits per heavy atom. The molecule has 0 aliphatic heterocycles. The summed E-state index contributed by atoms with van der Waals surface area (Å²) in [5, 5.41) is 18.9. The minimum atomic E-state index is -5.50. The number of aromatic amines is 1. The molecule has 0 radical (unpaired) electrons. The molecule has 0 saturated heterocycles. The first kappa shape index (κ1) is 40.0. The minimum absolute atomic E-state index is 0. The Kier molecular flexibility index (Phi) is 14.0. The second-order valence-corrected chi connectivity index (χ2v) is 12.0. The predicted octanol–water partition coefficient (Wildman–Crippen LogP) is -7.44. The third-order valence-corrected chi connectivity index (χ3v) is 7.67. The number of aromatic hydroxyl groups is 1.